The van der Waals surface area contributed by atoms with Gasteiger partial charge < -0.3 is 14.8 Å². The van der Waals surface area contributed by atoms with E-state index in [0.717, 1.165) is 5.56 Å². The summed E-state index contributed by atoms with van der Waals surface area (Å²) in [5, 5.41) is 25.6. The van der Waals surface area contributed by atoms with Crippen LogP contribution in [0.25, 0.3) is 11.3 Å². The molecule has 3 aromatic rings. The van der Waals surface area contributed by atoms with Gasteiger partial charge in [0.1, 0.15) is 18.1 Å². The number of carbonyl (C=O) groups excluding carboxylic acids is 1. The summed E-state index contributed by atoms with van der Waals surface area (Å²) < 4.78 is 5.51. The molecule has 0 unspecified atom stereocenters. The Kier molecular flexibility index (Phi) is 6.01. The van der Waals surface area contributed by atoms with Gasteiger partial charge >= 0.3 is 0 Å². The second kappa shape index (κ2) is 8.63. The van der Waals surface area contributed by atoms with Crippen molar-refractivity contribution in [2.75, 3.05) is 5.32 Å². The highest BCUT2D eigenvalue weighted by molar-refractivity contribution is 7.80. The molecule has 0 radical (unpaired) electrons. The quantitative estimate of drug-likeness (QED) is 0.332. The van der Waals surface area contributed by atoms with E-state index in [9.17, 15) is 14.9 Å². The molecule has 0 atom stereocenters. The number of hydrogen-bond acceptors (Lipinski definition) is 6. The number of hydrogen-bond donors (Lipinski definition) is 3. The summed E-state index contributed by atoms with van der Waals surface area (Å²) in [6.45, 7) is 1.41. The number of amides is 1. The van der Waals surface area contributed by atoms with E-state index in [1.807, 2.05) is 6.07 Å². The van der Waals surface area contributed by atoms with Gasteiger partial charge in [0.15, 0.2) is 5.11 Å². The van der Waals surface area contributed by atoms with Crippen molar-refractivity contribution in [3.63, 3.8) is 0 Å². The fraction of sp³-hybridized carbons (Fsp3) is 0.100. The van der Waals surface area contributed by atoms with Crippen molar-refractivity contribution >= 4 is 34.6 Å². The van der Waals surface area contributed by atoms with Gasteiger partial charge in [-0.2, -0.15) is 0 Å². The summed E-state index contributed by atoms with van der Waals surface area (Å²) in [5.74, 6) is 0.480. The molecule has 0 saturated carbocycles. The molecular formula is C20H17N3O5S. The van der Waals surface area contributed by atoms with Crippen LogP contribution in [0.15, 0.2) is 59.0 Å². The van der Waals surface area contributed by atoms with E-state index in [1.165, 1.54) is 18.2 Å². The first-order valence-electron chi connectivity index (χ1n) is 8.55. The number of nitrogens with zero attached hydrogens (tertiary/aromatic N) is 1. The second-order valence-electron chi connectivity index (χ2n) is 6.17. The topological polar surface area (TPSA) is 118 Å². The number of nitro benzene ring substituents is 1. The molecule has 1 aromatic heterocycles. The van der Waals surface area contributed by atoms with Gasteiger partial charge in [-0.05, 0) is 49.5 Å². The van der Waals surface area contributed by atoms with Crippen molar-refractivity contribution in [1.82, 2.24) is 5.32 Å². The Morgan fingerprint density at radius 3 is 2.69 bits per heavy atom. The summed E-state index contributed by atoms with van der Waals surface area (Å²) in [7, 11) is 0. The largest absolute Gasteiger partial charge is 0.459 e. The van der Waals surface area contributed by atoms with Crippen LogP contribution < -0.4 is 10.6 Å². The van der Waals surface area contributed by atoms with Crippen molar-refractivity contribution < 1.29 is 19.2 Å². The Bertz CT molecular complexity index is 1090. The smallest absolute Gasteiger partial charge is 0.273 e. The first-order chi connectivity index (χ1) is 13.9. The fourth-order valence-corrected chi connectivity index (χ4v) is 2.86. The highest BCUT2D eigenvalue weighted by atomic mass is 32.1. The number of rotatable bonds is 5. The van der Waals surface area contributed by atoms with Crippen LogP contribution in [0.1, 0.15) is 21.7 Å². The average molecular weight is 411 g/mol. The number of aliphatic hydroxyl groups is 1. The minimum atomic E-state index is -0.555. The lowest BCUT2D eigenvalue weighted by Gasteiger charge is -2.10. The molecule has 3 rings (SSSR count). The zero-order valence-electron chi connectivity index (χ0n) is 15.3. The Morgan fingerprint density at radius 1 is 1.21 bits per heavy atom. The Hall–Kier alpha value is -3.56. The van der Waals surface area contributed by atoms with Crippen LogP contribution in [0.3, 0.4) is 0 Å². The van der Waals surface area contributed by atoms with Gasteiger partial charge in [-0.3, -0.25) is 20.2 Å². The number of thiocarbonyl (C=S) groups is 1. The number of nitrogens with one attached hydrogen (secondary N) is 2. The molecule has 1 amide bonds. The van der Waals surface area contributed by atoms with E-state index in [1.54, 1.807) is 37.3 Å². The molecule has 9 heteroatoms. The highest BCUT2D eigenvalue weighted by Gasteiger charge is 2.16. The van der Waals surface area contributed by atoms with E-state index in [-0.39, 0.29) is 23.0 Å². The third-order valence-corrected chi connectivity index (χ3v) is 4.32. The SMILES string of the molecule is Cc1ccc(C(=O)NC(=S)Nc2cccc(-c3ccc(CO)o3)c2)cc1[N+](=O)[O-]. The predicted octanol–water partition coefficient (Wildman–Crippen LogP) is 3.78. The molecule has 0 spiro atoms. The maximum absolute atomic E-state index is 12.4. The molecule has 0 aliphatic heterocycles. The van der Waals surface area contributed by atoms with Crippen molar-refractivity contribution in [3.05, 3.63) is 81.6 Å². The molecule has 8 nitrogen and oxygen atoms in total. The number of anilines is 1. The first kappa shape index (κ1) is 20.2. The normalized spacial score (nSPS) is 10.4. The molecule has 0 saturated heterocycles. The fourth-order valence-electron chi connectivity index (χ4n) is 2.65. The van der Waals surface area contributed by atoms with Crippen LogP contribution in [0.2, 0.25) is 0 Å². The van der Waals surface area contributed by atoms with E-state index < -0.39 is 10.8 Å². The zero-order valence-corrected chi connectivity index (χ0v) is 16.2. The minimum Gasteiger partial charge on any atom is -0.459 e. The number of aryl methyl sites for hydroxylation is 1. The van der Waals surface area contributed by atoms with Crippen molar-refractivity contribution in [2.45, 2.75) is 13.5 Å². The summed E-state index contributed by atoms with van der Waals surface area (Å²) in [4.78, 5) is 22.9. The lowest BCUT2D eigenvalue weighted by atomic mass is 10.1. The Labute approximate surface area is 171 Å². The lowest BCUT2D eigenvalue weighted by molar-refractivity contribution is -0.385. The highest BCUT2D eigenvalue weighted by Crippen LogP contribution is 2.25. The summed E-state index contributed by atoms with van der Waals surface area (Å²) in [6, 6.07) is 14.8. The van der Waals surface area contributed by atoms with Crippen LogP contribution in [0.5, 0.6) is 0 Å². The average Bonchev–Trinajstić information content (AvgIpc) is 3.17. The van der Waals surface area contributed by atoms with E-state index in [2.05, 4.69) is 10.6 Å². The summed E-state index contributed by atoms with van der Waals surface area (Å²) >= 11 is 5.17. The zero-order chi connectivity index (χ0) is 21.0. The number of nitro groups is 1. The molecule has 0 bridgehead atoms. The van der Waals surface area contributed by atoms with Gasteiger partial charge in [0, 0.05) is 28.4 Å². The van der Waals surface area contributed by atoms with Gasteiger partial charge in [0.25, 0.3) is 11.6 Å². The van der Waals surface area contributed by atoms with Gasteiger partial charge in [0.2, 0.25) is 0 Å². The van der Waals surface area contributed by atoms with Gasteiger partial charge in [-0.25, -0.2) is 0 Å². The second-order valence-corrected chi connectivity index (χ2v) is 6.58. The van der Waals surface area contributed by atoms with Crippen LogP contribution in [-0.2, 0) is 6.61 Å². The molecule has 0 fully saturated rings. The number of aliphatic hydroxyl groups excluding tert-OH is 1. The Balaban J connectivity index is 1.69. The molecule has 2 aromatic carbocycles. The molecule has 148 valence electrons. The molecular weight excluding hydrogens is 394 g/mol. The van der Waals surface area contributed by atoms with Crippen molar-refractivity contribution in [2.24, 2.45) is 0 Å². The lowest BCUT2D eigenvalue weighted by Crippen LogP contribution is -2.34. The first-order valence-corrected chi connectivity index (χ1v) is 8.95. The van der Waals surface area contributed by atoms with E-state index in [0.29, 0.717) is 22.8 Å². The summed E-state index contributed by atoms with van der Waals surface area (Å²) in [5.41, 5.74) is 1.84. The van der Waals surface area contributed by atoms with Crippen LogP contribution in [0.4, 0.5) is 11.4 Å². The molecule has 29 heavy (non-hydrogen) atoms. The summed E-state index contributed by atoms with van der Waals surface area (Å²) in [6.07, 6.45) is 0. The van der Waals surface area contributed by atoms with E-state index >= 15 is 0 Å². The maximum atomic E-state index is 12.4. The molecule has 1 heterocycles. The Morgan fingerprint density at radius 2 is 2.00 bits per heavy atom. The monoisotopic (exact) mass is 411 g/mol. The third kappa shape index (κ3) is 4.84. The van der Waals surface area contributed by atoms with Crippen molar-refractivity contribution in [3.8, 4) is 11.3 Å². The van der Waals surface area contributed by atoms with Crippen molar-refractivity contribution in [1.29, 1.82) is 0 Å². The third-order valence-electron chi connectivity index (χ3n) is 4.12. The number of furan rings is 1. The standard InChI is InChI=1S/C20H17N3O5S/c1-12-5-6-14(10-17(12)23(26)27)19(25)22-20(29)21-15-4-2-3-13(9-15)18-8-7-16(11-24)28-18/h2-10,24H,11H2,1H3,(H2,21,22,25,29). The van der Waals surface area contributed by atoms with Crippen LogP contribution in [0, 0.1) is 17.0 Å². The van der Waals surface area contributed by atoms with Gasteiger partial charge in [0.05, 0.1) is 4.92 Å². The van der Waals surface area contributed by atoms with Crippen LogP contribution >= 0.6 is 12.2 Å². The van der Waals surface area contributed by atoms with Gasteiger partial charge in [-0.1, -0.05) is 18.2 Å². The number of benzene rings is 2. The number of carbonyl (C=O) groups is 1. The minimum absolute atomic E-state index is 0.0471. The molecule has 3 N–H and O–H groups in total. The molecule has 0 aliphatic rings. The maximum Gasteiger partial charge on any atom is 0.273 e. The van der Waals surface area contributed by atoms with Gasteiger partial charge in [-0.15, -0.1) is 0 Å². The molecule has 0 aliphatic carbocycles. The predicted molar refractivity (Wildman–Crippen MR) is 112 cm³/mol. The van der Waals surface area contributed by atoms with Crippen LogP contribution in [-0.4, -0.2) is 21.0 Å². The van der Waals surface area contributed by atoms with E-state index in [4.69, 9.17) is 21.7 Å².